The molecule has 0 saturated heterocycles. The van der Waals surface area contributed by atoms with Crippen LogP contribution in [0.15, 0.2) is 188 Å². The molecule has 0 radical (unpaired) electrons. The molecule has 3 aliphatic rings. The summed E-state index contributed by atoms with van der Waals surface area (Å²) in [5.74, 6) is 1.12. The highest BCUT2D eigenvalue weighted by Gasteiger charge is 2.35. The van der Waals surface area contributed by atoms with E-state index in [2.05, 4.69) is 191 Å². The van der Waals surface area contributed by atoms with Gasteiger partial charge in [0, 0.05) is 46.1 Å². The van der Waals surface area contributed by atoms with Gasteiger partial charge in [-0.25, -0.2) is 0 Å². The molecule has 0 amide bonds. The summed E-state index contributed by atoms with van der Waals surface area (Å²) in [5.41, 5.74) is 22.3. The molecule has 6 aromatic carbocycles. The molecule has 0 spiro atoms. The molecule has 0 N–H and O–H groups in total. The molecular formula is C57H51NO. The number of aromatic nitrogens is 1. The summed E-state index contributed by atoms with van der Waals surface area (Å²) >= 11 is 0. The Bertz CT molecular complexity index is 2760. The summed E-state index contributed by atoms with van der Waals surface area (Å²) in [7, 11) is 0. The van der Waals surface area contributed by atoms with Crippen LogP contribution in [0.5, 0.6) is 5.75 Å². The van der Waals surface area contributed by atoms with Gasteiger partial charge in [0.1, 0.15) is 11.9 Å². The fraction of sp³-hybridized carbons (Fsp3) is 0.158. The van der Waals surface area contributed by atoms with Gasteiger partial charge in [-0.15, -0.1) is 0 Å². The number of hydrogen-bond donors (Lipinski definition) is 0. The van der Waals surface area contributed by atoms with Crippen LogP contribution in [0.2, 0.25) is 0 Å². The van der Waals surface area contributed by atoms with Crippen molar-refractivity contribution in [2.75, 3.05) is 0 Å². The van der Waals surface area contributed by atoms with E-state index in [0.717, 1.165) is 25.0 Å². The van der Waals surface area contributed by atoms with Gasteiger partial charge < -0.3 is 9.30 Å². The van der Waals surface area contributed by atoms with Crippen LogP contribution in [0.4, 0.5) is 0 Å². The average molecular weight is 766 g/mol. The number of allylic oxidation sites excluding steroid dienone is 5. The number of ether oxygens (including phenoxy) is 1. The topological polar surface area (TPSA) is 14.2 Å². The first kappa shape index (κ1) is 37.9. The van der Waals surface area contributed by atoms with Crippen molar-refractivity contribution < 1.29 is 4.74 Å². The zero-order chi connectivity index (χ0) is 40.5. The summed E-state index contributed by atoms with van der Waals surface area (Å²) in [5, 5.41) is 0. The van der Waals surface area contributed by atoms with E-state index in [1.54, 1.807) is 0 Å². The number of benzene rings is 6. The molecule has 59 heavy (non-hydrogen) atoms. The van der Waals surface area contributed by atoms with E-state index in [-0.39, 0.29) is 12.0 Å². The number of rotatable bonds is 7. The predicted octanol–water partition coefficient (Wildman–Crippen LogP) is 14.8. The fourth-order valence-corrected chi connectivity index (χ4v) is 9.46. The third kappa shape index (κ3) is 7.14. The van der Waals surface area contributed by atoms with E-state index in [4.69, 9.17) is 4.74 Å². The van der Waals surface area contributed by atoms with Crippen LogP contribution in [-0.4, -0.2) is 10.7 Å². The molecule has 0 saturated carbocycles. The van der Waals surface area contributed by atoms with Crippen molar-refractivity contribution in [1.29, 1.82) is 0 Å². The molecule has 2 unspecified atom stereocenters. The summed E-state index contributed by atoms with van der Waals surface area (Å²) in [4.78, 5) is 0. The van der Waals surface area contributed by atoms with Crippen molar-refractivity contribution >= 4 is 11.6 Å². The van der Waals surface area contributed by atoms with Gasteiger partial charge in [-0.1, -0.05) is 152 Å². The van der Waals surface area contributed by atoms with E-state index in [1.807, 2.05) is 24.3 Å². The maximum absolute atomic E-state index is 6.42. The van der Waals surface area contributed by atoms with Crippen LogP contribution in [0, 0.1) is 6.92 Å². The second-order valence-electron chi connectivity index (χ2n) is 16.0. The molecule has 0 bridgehead atoms. The minimum atomic E-state index is 0.0434. The second kappa shape index (κ2) is 16.3. The van der Waals surface area contributed by atoms with Gasteiger partial charge in [-0.3, -0.25) is 0 Å². The summed E-state index contributed by atoms with van der Waals surface area (Å²) in [6.45, 7) is 12.6. The first-order valence-corrected chi connectivity index (χ1v) is 21.0. The monoisotopic (exact) mass is 765 g/mol. The first-order valence-electron chi connectivity index (χ1n) is 21.0. The highest BCUT2D eigenvalue weighted by atomic mass is 16.5. The lowest BCUT2D eigenvalue weighted by Gasteiger charge is -2.22. The van der Waals surface area contributed by atoms with E-state index in [0.29, 0.717) is 0 Å². The third-order valence-corrected chi connectivity index (χ3v) is 12.3. The summed E-state index contributed by atoms with van der Waals surface area (Å²) in [6, 6.07) is 54.9. The quantitative estimate of drug-likeness (QED) is 0.147. The number of para-hydroxylation sites is 1. The Morgan fingerprint density at radius 1 is 0.695 bits per heavy atom. The first-order chi connectivity index (χ1) is 28.9. The lowest BCUT2D eigenvalue weighted by Crippen LogP contribution is -2.16. The van der Waals surface area contributed by atoms with Crippen molar-refractivity contribution in [1.82, 2.24) is 4.57 Å². The van der Waals surface area contributed by atoms with Gasteiger partial charge >= 0.3 is 0 Å². The molecule has 2 heterocycles. The Hall–Kier alpha value is -6.64. The Labute approximate surface area is 350 Å². The second-order valence-corrected chi connectivity index (χ2v) is 16.0. The number of aryl methyl sites for hydroxylation is 1. The Morgan fingerprint density at radius 3 is 2.08 bits per heavy atom. The van der Waals surface area contributed by atoms with Crippen molar-refractivity contribution in [3.63, 3.8) is 0 Å². The SMILES string of the molecule is C=C/C(C)=C(\C=C/C)C1c2cc(-c3ccc(C4=Cc5c6c(n(-c7ccccc7)c5CC4)Cc4ccccc4-6)c(-c4ccccc4)c3)ccc2OC1C.Cc1ccccc1. The Morgan fingerprint density at radius 2 is 1.37 bits per heavy atom. The van der Waals surface area contributed by atoms with E-state index in [9.17, 15) is 0 Å². The van der Waals surface area contributed by atoms with Crippen molar-refractivity contribution in [3.8, 4) is 44.8 Å². The van der Waals surface area contributed by atoms with Crippen LogP contribution in [0.25, 0.3) is 50.7 Å². The minimum Gasteiger partial charge on any atom is -0.489 e. The normalized spacial score (nSPS) is 16.4. The molecule has 10 rings (SSSR count). The third-order valence-electron chi connectivity index (χ3n) is 12.3. The maximum atomic E-state index is 6.42. The smallest absolute Gasteiger partial charge is 0.123 e. The molecule has 0 fully saturated rings. The standard InChI is InChI=1S/C50H43NO.C7H8/c1-5-15-40(32(3)6-2)49-33(4)52-48-27-24-36(29-45(48)49)35-22-25-41(43(28-35)34-16-9-7-10-17-34)38-23-26-46-44(30-38)50-42-21-14-13-18-37(42)31-47(50)51(46)39-19-11-8-12-20-39;1-7-5-3-2-4-6-7/h5-22,24-25,27-30,33,49H,2,23,26,31H2,1,3-4H3;2-6H,1H3/b15-5-,40-32+;. The predicted molar refractivity (Wildman–Crippen MR) is 249 cm³/mol. The number of nitrogens with zero attached hydrogens (tertiary/aromatic N) is 1. The molecule has 1 aromatic heterocycles. The summed E-state index contributed by atoms with van der Waals surface area (Å²) in [6.07, 6.45) is 11.8. The maximum Gasteiger partial charge on any atom is 0.123 e. The molecule has 1 aliphatic heterocycles. The minimum absolute atomic E-state index is 0.0434. The number of fused-ring (bicyclic) bond motifs is 6. The van der Waals surface area contributed by atoms with Crippen LogP contribution >= 0.6 is 0 Å². The molecule has 2 atom stereocenters. The zero-order valence-electron chi connectivity index (χ0n) is 34.6. The van der Waals surface area contributed by atoms with Crippen LogP contribution in [-0.2, 0) is 12.8 Å². The van der Waals surface area contributed by atoms with Gasteiger partial charge in [0.25, 0.3) is 0 Å². The zero-order valence-corrected chi connectivity index (χ0v) is 34.6. The van der Waals surface area contributed by atoms with Crippen LogP contribution in [0.3, 0.4) is 0 Å². The molecule has 2 nitrogen and oxygen atoms in total. The lowest BCUT2D eigenvalue weighted by molar-refractivity contribution is 0.238. The Kier molecular flexibility index (Phi) is 10.5. The van der Waals surface area contributed by atoms with Gasteiger partial charge in [-0.05, 0) is 133 Å². The van der Waals surface area contributed by atoms with Crippen molar-refractivity contribution in [2.24, 2.45) is 0 Å². The average Bonchev–Trinajstić information content (AvgIpc) is 3.93. The number of hydrogen-bond acceptors (Lipinski definition) is 1. The molecule has 2 heteroatoms. The lowest BCUT2D eigenvalue weighted by atomic mass is 9.83. The van der Waals surface area contributed by atoms with E-state index < -0.39 is 0 Å². The Balaban J connectivity index is 0.000000583. The molecule has 2 aliphatic carbocycles. The van der Waals surface area contributed by atoms with Crippen molar-refractivity contribution in [3.05, 3.63) is 227 Å². The van der Waals surface area contributed by atoms with Crippen LogP contribution in [0.1, 0.15) is 72.3 Å². The molecule has 290 valence electrons. The van der Waals surface area contributed by atoms with Gasteiger partial charge in [0.2, 0.25) is 0 Å². The van der Waals surface area contributed by atoms with E-state index in [1.165, 1.54) is 95.0 Å². The molecular weight excluding hydrogens is 715 g/mol. The highest BCUT2D eigenvalue weighted by molar-refractivity contribution is 5.97. The fourth-order valence-electron chi connectivity index (χ4n) is 9.46. The largest absolute Gasteiger partial charge is 0.489 e. The van der Waals surface area contributed by atoms with Crippen molar-refractivity contribution in [2.45, 2.75) is 59.0 Å². The molecule has 7 aromatic rings. The van der Waals surface area contributed by atoms with Crippen LogP contribution < -0.4 is 4.74 Å². The van der Waals surface area contributed by atoms with E-state index >= 15 is 0 Å². The van der Waals surface area contributed by atoms with Gasteiger partial charge in [0.15, 0.2) is 0 Å². The highest BCUT2D eigenvalue weighted by Crippen LogP contribution is 2.49. The van der Waals surface area contributed by atoms with Gasteiger partial charge in [-0.2, -0.15) is 0 Å². The summed E-state index contributed by atoms with van der Waals surface area (Å²) < 4.78 is 8.98. The van der Waals surface area contributed by atoms with Gasteiger partial charge in [0.05, 0.1) is 0 Å².